The largest absolute Gasteiger partial charge is 0.486 e. The van der Waals surface area contributed by atoms with Gasteiger partial charge in [-0.05, 0) is 49.6 Å². The normalized spacial score (nSPS) is 16.5. The first-order valence-corrected chi connectivity index (χ1v) is 11.8. The molecule has 2 aromatic rings. The second-order valence-corrected chi connectivity index (χ2v) is 9.49. The molecule has 2 aliphatic heterocycles. The van der Waals surface area contributed by atoms with Gasteiger partial charge in [-0.3, -0.25) is 4.79 Å². The molecule has 8 nitrogen and oxygen atoms in total. The van der Waals surface area contributed by atoms with E-state index in [0.29, 0.717) is 54.8 Å². The van der Waals surface area contributed by atoms with E-state index in [1.807, 2.05) is 0 Å². The summed E-state index contributed by atoms with van der Waals surface area (Å²) in [4.78, 5) is 12.6. The van der Waals surface area contributed by atoms with Crippen LogP contribution < -0.4 is 19.5 Å². The summed E-state index contributed by atoms with van der Waals surface area (Å²) >= 11 is 0. The lowest BCUT2D eigenvalue weighted by molar-refractivity contribution is -0.118. The predicted octanol–water partition coefficient (Wildman–Crippen LogP) is 2.96. The fourth-order valence-electron chi connectivity index (χ4n) is 3.66. The van der Waals surface area contributed by atoms with Crippen LogP contribution in [-0.4, -0.2) is 51.5 Å². The zero-order valence-corrected chi connectivity index (χ0v) is 18.2. The molecular formula is C22H26N2O6S. The number of hydrogen-bond acceptors (Lipinski definition) is 6. The number of rotatable bonds is 6. The van der Waals surface area contributed by atoms with Crippen molar-refractivity contribution in [2.75, 3.05) is 38.2 Å². The number of piperidine rings is 1. The number of anilines is 1. The summed E-state index contributed by atoms with van der Waals surface area (Å²) in [5, 5.41) is 2.71. The predicted molar refractivity (Wildman–Crippen MR) is 115 cm³/mol. The third-order valence-corrected chi connectivity index (χ3v) is 7.33. The second-order valence-electron chi connectivity index (χ2n) is 7.59. The van der Waals surface area contributed by atoms with Gasteiger partial charge in [0.05, 0.1) is 4.90 Å². The molecule has 0 bridgehead atoms. The standard InChI is InChI=1S/C22H26N2O6S/c1-16-5-6-17(13-21(16)31(26,27)24-9-3-2-4-10-24)23-22(25)15-30-18-7-8-19-20(14-18)29-12-11-28-19/h5-8,13-14H,2-4,9-12,15H2,1H3,(H,23,25). The lowest BCUT2D eigenvalue weighted by atomic mass is 10.2. The van der Waals surface area contributed by atoms with Gasteiger partial charge in [-0.25, -0.2) is 8.42 Å². The maximum atomic E-state index is 13.0. The van der Waals surface area contributed by atoms with Crippen LogP contribution in [0.5, 0.6) is 17.2 Å². The molecule has 1 N–H and O–H groups in total. The van der Waals surface area contributed by atoms with Crippen LogP contribution in [0.1, 0.15) is 24.8 Å². The van der Waals surface area contributed by atoms with Crippen LogP contribution in [0.3, 0.4) is 0 Å². The third-order valence-electron chi connectivity index (χ3n) is 5.29. The quantitative estimate of drug-likeness (QED) is 0.733. The topological polar surface area (TPSA) is 94.2 Å². The maximum Gasteiger partial charge on any atom is 0.262 e. The van der Waals surface area contributed by atoms with Crippen molar-refractivity contribution in [3.8, 4) is 17.2 Å². The molecule has 166 valence electrons. The number of hydrogen-bond donors (Lipinski definition) is 1. The van der Waals surface area contributed by atoms with Crippen molar-refractivity contribution in [3.63, 3.8) is 0 Å². The van der Waals surface area contributed by atoms with Gasteiger partial charge >= 0.3 is 0 Å². The molecule has 2 aliphatic rings. The first-order valence-electron chi connectivity index (χ1n) is 10.4. The second kappa shape index (κ2) is 9.15. The Hall–Kier alpha value is -2.78. The van der Waals surface area contributed by atoms with Gasteiger partial charge in [0.25, 0.3) is 5.91 Å². The van der Waals surface area contributed by atoms with E-state index in [9.17, 15) is 13.2 Å². The van der Waals surface area contributed by atoms with Crippen LogP contribution in [0.15, 0.2) is 41.3 Å². The van der Waals surface area contributed by atoms with Crippen LogP contribution in [-0.2, 0) is 14.8 Å². The van der Waals surface area contributed by atoms with Gasteiger partial charge in [0.15, 0.2) is 18.1 Å². The molecule has 9 heteroatoms. The van der Waals surface area contributed by atoms with Crippen molar-refractivity contribution >= 4 is 21.6 Å². The Bertz CT molecular complexity index is 1060. The minimum absolute atomic E-state index is 0.221. The Balaban J connectivity index is 1.41. The molecule has 1 amide bonds. The number of carbonyl (C=O) groups is 1. The van der Waals surface area contributed by atoms with E-state index in [1.165, 1.54) is 10.4 Å². The summed E-state index contributed by atoms with van der Waals surface area (Å²) in [5.74, 6) is 1.32. The third kappa shape index (κ3) is 4.94. The molecule has 31 heavy (non-hydrogen) atoms. The molecule has 0 atom stereocenters. The number of nitrogens with one attached hydrogen (secondary N) is 1. The first-order chi connectivity index (χ1) is 14.9. The van der Waals surface area contributed by atoms with Gasteiger partial charge in [-0.15, -0.1) is 0 Å². The Kier molecular flexibility index (Phi) is 6.33. The smallest absolute Gasteiger partial charge is 0.262 e. The molecule has 4 rings (SSSR count). The molecule has 0 aliphatic carbocycles. The fourth-order valence-corrected chi connectivity index (χ4v) is 5.43. The number of aryl methyl sites for hydroxylation is 1. The number of benzene rings is 2. The summed E-state index contributed by atoms with van der Waals surface area (Å²) in [6.07, 6.45) is 2.78. The monoisotopic (exact) mass is 446 g/mol. The average molecular weight is 447 g/mol. The van der Waals surface area contributed by atoms with E-state index in [0.717, 1.165) is 19.3 Å². The number of carbonyl (C=O) groups excluding carboxylic acids is 1. The number of sulfonamides is 1. The molecule has 0 aromatic heterocycles. The van der Waals surface area contributed by atoms with Crippen LogP contribution in [0.4, 0.5) is 5.69 Å². The van der Waals surface area contributed by atoms with Gasteiger partial charge in [0, 0.05) is 24.8 Å². The van der Waals surface area contributed by atoms with E-state index in [2.05, 4.69) is 5.32 Å². The zero-order chi connectivity index (χ0) is 21.8. The molecule has 0 unspecified atom stereocenters. The zero-order valence-electron chi connectivity index (χ0n) is 17.4. The van der Waals surface area contributed by atoms with Gasteiger partial charge in [-0.2, -0.15) is 4.31 Å². The highest BCUT2D eigenvalue weighted by Gasteiger charge is 2.27. The summed E-state index contributed by atoms with van der Waals surface area (Å²) in [5.41, 5.74) is 1.06. The molecule has 1 fully saturated rings. The van der Waals surface area contributed by atoms with E-state index < -0.39 is 10.0 Å². The molecule has 0 saturated carbocycles. The van der Waals surface area contributed by atoms with E-state index in [1.54, 1.807) is 37.3 Å². The van der Waals surface area contributed by atoms with Crippen molar-refractivity contribution in [3.05, 3.63) is 42.0 Å². The molecule has 2 aromatic carbocycles. The highest BCUT2D eigenvalue weighted by molar-refractivity contribution is 7.89. The lowest BCUT2D eigenvalue weighted by Crippen LogP contribution is -2.36. The highest BCUT2D eigenvalue weighted by Crippen LogP contribution is 2.33. The van der Waals surface area contributed by atoms with Gasteiger partial charge < -0.3 is 19.5 Å². The van der Waals surface area contributed by atoms with Crippen LogP contribution >= 0.6 is 0 Å². The SMILES string of the molecule is Cc1ccc(NC(=O)COc2ccc3c(c2)OCCO3)cc1S(=O)(=O)N1CCCCC1. The van der Waals surface area contributed by atoms with Crippen LogP contribution in [0.2, 0.25) is 0 Å². The average Bonchev–Trinajstić information content (AvgIpc) is 2.79. The number of nitrogens with zero attached hydrogens (tertiary/aromatic N) is 1. The van der Waals surface area contributed by atoms with Crippen molar-refractivity contribution in [2.24, 2.45) is 0 Å². The summed E-state index contributed by atoms with van der Waals surface area (Å²) in [6.45, 7) is 3.56. The first kappa shape index (κ1) is 21.5. The van der Waals surface area contributed by atoms with Crippen LogP contribution in [0, 0.1) is 6.92 Å². The lowest BCUT2D eigenvalue weighted by Gasteiger charge is -2.26. The Morgan fingerprint density at radius 1 is 1.03 bits per heavy atom. The minimum Gasteiger partial charge on any atom is -0.486 e. The number of ether oxygens (including phenoxy) is 3. The summed E-state index contributed by atoms with van der Waals surface area (Å²) in [6, 6.07) is 10.0. The Morgan fingerprint density at radius 3 is 2.55 bits per heavy atom. The van der Waals surface area contributed by atoms with E-state index in [-0.39, 0.29) is 17.4 Å². The van der Waals surface area contributed by atoms with Crippen molar-refractivity contribution < 1.29 is 27.4 Å². The Morgan fingerprint density at radius 2 is 1.77 bits per heavy atom. The van der Waals surface area contributed by atoms with E-state index in [4.69, 9.17) is 14.2 Å². The maximum absolute atomic E-state index is 13.0. The van der Waals surface area contributed by atoms with Gasteiger partial charge in [0.2, 0.25) is 10.0 Å². The minimum atomic E-state index is -3.59. The number of amides is 1. The van der Waals surface area contributed by atoms with Crippen LogP contribution in [0.25, 0.3) is 0 Å². The van der Waals surface area contributed by atoms with Gasteiger partial charge in [0.1, 0.15) is 19.0 Å². The summed E-state index contributed by atoms with van der Waals surface area (Å²) in [7, 11) is -3.59. The van der Waals surface area contributed by atoms with E-state index >= 15 is 0 Å². The van der Waals surface area contributed by atoms with Gasteiger partial charge in [-0.1, -0.05) is 12.5 Å². The summed E-state index contributed by atoms with van der Waals surface area (Å²) < 4.78 is 44.1. The number of fused-ring (bicyclic) bond motifs is 1. The molecule has 1 saturated heterocycles. The van der Waals surface area contributed by atoms with Crippen molar-refractivity contribution in [2.45, 2.75) is 31.1 Å². The van der Waals surface area contributed by atoms with Crippen molar-refractivity contribution in [1.29, 1.82) is 0 Å². The Labute approximate surface area is 182 Å². The van der Waals surface area contributed by atoms with Crippen molar-refractivity contribution in [1.82, 2.24) is 4.31 Å². The molecule has 0 spiro atoms. The molecular weight excluding hydrogens is 420 g/mol. The molecule has 2 heterocycles. The fraction of sp³-hybridized carbons (Fsp3) is 0.409. The molecule has 0 radical (unpaired) electrons. The highest BCUT2D eigenvalue weighted by atomic mass is 32.2.